The Bertz CT molecular complexity index is 1530. The predicted molar refractivity (Wildman–Crippen MR) is 131 cm³/mol. The molecule has 2 N–H and O–H groups in total. The zero-order valence-corrected chi connectivity index (χ0v) is 20.6. The molecule has 0 atom stereocenters. The van der Waals surface area contributed by atoms with E-state index in [0.717, 1.165) is 7.11 Å². The van der Waals surface area contributed by atoms with E-state index in [1.807, 2.05) is 5.32 Å². The van der Waals surface area contributed by atoms with Crippen molar-refractivity contribution in [2.75, 3.05) is 12.4 Å². The number of amides is 1. The molecule has 0 aliphatic rings. The van der Waals surface area contributed by atoms with E-state index < -0.39 is 45.6 Å². The van der Waals surface area contributed by atoms with E-state index in [1.54, 1.807) is 31.2 Å². The molecule has 0 bridgehead atoms. The van der Waals surface area contributed by atoms with Crippen LogP contribution in [-0.2, 0) is 0 Å². The number of carbonyl (C=O) groups excluding carboxylic acids is 1. The minimum absolute atomic E-state index is 0.221. The second-order valence-corrected chi connectivity index (χ2v) is 8.56. The van der Waals surface area contributed by atoms with Gasteiger partial charge in [-0.05, 0) is 49.0 Å². The molecular formula is C23H13Cl2F4N3O3S. The first-order chi connectivity index (χ1) is 17.0. The summed E-state index contributed by atoms with van der Waals surface area (Å²) < 4.78 is 66.5. The molecular weight excluding hydrogens is 545 g/mol. The lowest BCUT2D eigenvalue weighted by Gasteiger charge is -2.14. The molecule has 0 radical (unpaired) electrons. The van der Waals surface area contributed by atoms with E-state index in [-0.39, 0.29) is 10.9 Å². The monoisotopic (exact) mass is 557 g/mol. The third kappa shape index (κ3) is 4.57. The Balaban J connectivity index is 1.59. The maximum absolute atomic E-state index is 14.2. The van der Waals surface area contributed by atoms with E-state index >= 15 is 0 Å². The molecule has 0 unspecified atom stereocenters. The van der Waals surface area contributed by atoms with Crippen LogP contribution < -0.4 is 15.4 Å². The third-order valence-corrected chi connectivity index (χ3v) is 5.81. The number of oxazole rings is 1. The highest BCUT2D eigenvalue weighted by molar-refractivity contribution is 7.80. The van der Waals surface area contributed by atoms with Crippen molar-refractivity contribution >= 4 is 63.2 Å². The number of carbonyl (C=O) groups is 1. The number of thiocarbonyl (C=S) groups is 1. The van der Waals surface area contributed by atoms with Crippen LogP contribution >= 0.6 is 35.4 Å². The highest BCUT2D eigenvalue weighted by Crippen LogP contribution is 2.35. The number of fused-ring (bicyclic) bond motifs is 1. The summed E-state index contributed by atoms with van der Waals surface area (Å²) in [5, 5.41) is 4.94. The number of methoxy groups -OCH3 is 1. The maximum Gasteiger partial charge on any atom is 0.263 e. The number of hydrogen-bond acceptors (Lipinski definition) is 5. The highest BCUT2D eigenvalue weighted by atomic mass is 35.5. The van der Waals surface area contributed by atoms with E-state index in [2.05, 4.69) is 15.0 Å². The van der Waals surface area contributed by atoms with E-state index in [0.29, 0.717) is 32.9 Å². The van der Waals surface area contributed by atoms with Gasteiger partial charge in [-0.25, -0.2) is 13.8 Å². The van der Waals surface area contributed by atoms with Gasteiger partial charge in [0.25, 0.3) is 5.91 Å². The summed E-state index contributed by atoms with van der Waals surface area (Å²) in [6.07, 6.45) is 0. The zero-order valence-electron chi connectivity index (χ0n) is 18.2. The van der Waals surface area contributed by atoms with Crippen molar-refractivity contribution in [2.24, 2.45) is 0 Å². The van der Waals surface area contributed by atoms with Crippen LogP contribution in [-0.4, -0.2) is 23.1 Å². The van der Waals surface area contributed by atoms with Gasteiger partial charge in [-0.3, -0.25) is 10.1 Å². The van der Waals surface area contributed by atoms with Crippen molar-refractivity contribution in [3.05, 3.63) is 74.8 Å². The minimum Gasteiger partial charge on any atom is -0.491 e. The highest BCUT2D eigenvalue weighted by Gasteiger charge is 2.30. The molecule has 0 fully saturated rings. The zero-order chi connectivity index (χ0) is 26.3. The molecule has 3 aromatic carbocycles. The normalized spacial score (nSPS) is 11.0. The van der Waals surface area contributed by atoms with E-state index in [1.165, 1.54) is 6.07 Å². The number of halogens is 6. The molecule has 4 aromatic rings. The number of benzene rings is 3. The van der Waals surface area contributed by atoms with Gasteiger partial charge in [0.15, 0.2) is 28.1 Å². The van der Waals surface area contributed by atoms with E-state index in [9.17, 15) is 22.4 Å². The van der Waals surface area contributed by atoms with Gasteiger partial charge in [0, 0.05) is 16.3 Å². The van der Waals surface area contributed by atoms with Crippen LogP contribution in [0.5, 0.6) is 5.75 Å². The lowest BCUT2D eigenvalue weighted by Crippen LogP contribution is -2.35. The summed E-state index contributed by atoms with van der Waals surface area (Å²) in [5.74, 6) is -10.2. The van der Waals surface area contributed by atoms with Crippen molar-refractivity contribution in [2.45, 2.75) is 6.92 Å². The van der Waals surface area contributed by atoms with E-state index in [4.69, 9.17) is 39.8 Å². The molecule has 186 valence electrons. The fourth-order valence-corrected chi connectivity index (χ4v) is 4.11. The fraction of sp³-hybridized carbons (Fsp3) is 0.0870. The first-order valence-electron chi connectivity index (χ1n) is 9.91. The molecule has 6 nitrogen and oxygen atoms in total. The van der Waals surface area contributed by atoms with Gasteiger partial charge in [-0.15, -0.1) is 0 Å². The molecule has 4 rings (SSSR count). The Morgan fingerprint density at radius 2 is 1.75 bits per heavy atom. The van der Waals surface area contributed by atoms with Crippen LogP contribution in [0.2, 0.25) is 10.0 Å². The Labute approximate surface area is 216 Å². The summed E-state index contributed by atoms with van der Waals surface area (Å²) in [6.45, 7) is 1.69. The van der Waals surface area contributed by atoms with Gasteiger partial charge in [0.1, 0.15) is 11.1 Å². The predicted octanol–water partition coefficient (Wildman–Crippen LogP) is 6.80. The average Bonchev–Trinajstić information content (AvgIpc) is 3.24. The van der Waals surface area contributed by atoms with Crippen molar-refractivity contribution in [1.29, 1.82) is 0 Å². The maximum atomic E-state index is 14.2. The number of hydrogen-bond donors (Lipinski definition) is 2. The Morgan fingerprint density at radius 3 is 2.39 bits per heavy atom. The Hall–Kier alpha value is -3.41. The standard InChI is InChI=1S/C23H13Cl2F4N3O3S/c1-8-10(22-30-13-7-9(24)6-11(25)19(13)35-22)4-3-5-12(8)31-23(36)32-21(33)14-15(26)17(28)20(34-2)18(29)16(14)27/h3-7H,1-2H3,(H2,31,32,33,36). The first kappa shape index (κ1) is 25.7. The van der Waals surface area contributed by atoms with Gasteiger partial charge >= 0.3 is 0 Å². The van der Waals surface area contributed by atoms with Crippen molar-refractivity contribution < 1.29 is 31.5 Å². The second-order valence-electron chi connectivity index (χ2n) is 7.31. The second kappa shape index (κ2) is 9.92. The molecule has 0 spiro atoms. The first-order valence-corrected chi connectivity index (χ1v) is 11.1. The van der Waals surface area contributed by atoms with Crippen molar-refractivity contribution in [1.82, 2.24) is 10.3 Å². The average molecular weight is 558 g/mol. The topological polar surface area (TPSA) is 76.4 Å². The Morgan fingerprint density at radius 1 is 1.08 bits per heavy atom. The third-order valence-electron chi connectivity index (χ3n) is 5.10. The largest absolute Gasteiger partial charge is 0.491 e. The summed E-state index contributed by atoms with van der Waals surface area (Å²) in [6, 6.07) is 8.03. The van der Waals surface area contributed by atoms with Crippen LogP contribution in [0.3, 0.4) is 0 Å². The number of nitrogens with one attached hydrogen (secondary N) is 2. The van der Waals surface area contributed by atoms with Gasteiger partial charge in [-0.2, -0.15) is 8.78 Å². The SMILES string of the molecule is COc1c(F)c(F)c(C(=O)NC(=S)Nc2cccc(-c3nc4cc(Cl)cc(Cl)c4o3)c2C)c(F)c1F. The Kier molecular flexibility index (Phi) is 7.07. The van der Waals surface area contributed by atoms with Crippen LogP contribution in [0, 0.1) is 30.2 Å². The van der Waals surface area contributed by atoms with Crippen molar-refractivity contribution in [3.8, 4) is 17.2 Å². The molecule has 0 aliphatic carbocycles. The number of aromatic nitrogens is 1. The van der Waals surface area contributed by atoms with Crippen LogP contribution in [0.1, 0.15) is 15.9 Å². The fourth-order valence-electron chi connectivity index (χ4n) is 3.39. The van der Waals surface area contributed by atoms with Gasteiger partial charge in [0.05, 0.1) is 12.1 Å². The van der Waals surface area contributed by atoms with Gasteiger partial charge in [0.2, 0.25) is 17.5 Å². The smallest absolute Gasteiger partial charge is 0.263 e. The van der Waals surface area contributed by atoms with Crippen LogP contribution in [0.4, 0.5) is 23.2 Å². The lowest BCUT2D eigenvalue weighted by atomic mass is 10.1. The number of nitrogens with zero attached hydrogens (tertiary/aromatic N) is 1. The molecule has 13 heteroatoms. The lowest BCUT2D eigenvalue weighted by molar-refractivity contribution is 0.0966. The van der Waals surface area contributed by atoms with Gasteiger partial charge < -0.3 is 14.5 Å². The summed E-state index contributed by atoms with van der Waals surface area (Å²) in [5.41, 5.74) is 0.751. The van der Waals surface area contributed by atoms with Gasteiger partial charge in [-0.1, -0.05) is 29.3 Å². The molecule has 0 saturated heterocycles. The molecule has 1 heterocycles. The molecule has 1 amide bonds. The summed E-state index contributed by atoms with van der Waals surface area (Å²) >= 11 is 17.2. The number of rotatable bonds is 4. The molecule has 1 aromatic heterocycles. The molecule has 36 heavy (non-hydrogen) atoms. The van der Waals surface area contributed by atoms with Crippen LogP contribution in [0.15, 0.2) is 34.7 Å². The van der Waals surface area contributed by atoms with Crippen molar-refractivity contribution in [3.63, 3.8) is 0 Å². The summed E-state index contributed by atoms with van der Waals surface area (Å²) in [4.78, 5) is 16.8. The van der Waals surface area contributed by atoms with Crippen LogP contribution in [0.25, 0.3) is 22.6 Å². The molecule has 0 saturated carbocycles. The number of anilines is 1. The summed E-state index contributed by atoms with van der Waals surface area (Å²) in [7, 11) is 0.820. The molecule has 0 aliphatic heterocycles. The quantitative estimate of drug-likeness (QED) is 0.163. The minimum atomic E-state index is -1.93. The number of ether oxygens (including phenoxy) is 1.